The average molecular weight is 498 g/mol. The Balaban J connectivity index is 1.73. The largest absolute Gasteiger partial charge is 0.337 e. The molecule has 0 unspecified atom stereocenters. The van der Waals surface area contributed by atoms with E-state index < -0.39 is 10.0 Å². The summed E-state index contributed by atoms with van der Waals surface area (Å²) in [4.78, 5) is 17.3. The number of carbonyl (C=O) groups is 1. The van der Waals surface area contributed by atoms with Gasteiger partial charge < -0.3 is 4.90 Å². The molecule has 1 aliphatic rings. The lowest BCUT2D eigenvalue weighted by molar-refractivity contribution is 0.0761. The molecule has 2 aromatic carbocycles. The van der Waals surface area contributed by atoms with Crippen LogP contribution < -0.4 is 0 Å². The van der Waals surface area contributed by atoms with Gasteiger partial charge in [-0.2, -0.15) is 4.31 Å². The summed E-state index contributed by atoms with van der Waals surface area (Å²) in [5, 5.41) is 0.838. The maximum Gasteiger partial charge on any atom is 0.253 e. The molecule has 6 nitrogen and oxygen atoms in total. The van der Waals surface area contributed by atoms with E-state index in [-0.39, 0.29) is 15.8 Å². The second kappa shape index (κ2) is 11.0. The van der Waals surface area contributed by atoms with Gasteiger partial charge in [-0.15, -0.1) is 0 Å². The van der Waals surface area contributed by atoms with Gasteiger partial charge in [0.05, 0.1) is 5.02 Å². The molecule has 174 valence electrons. The van der Waals surface area contributed by atoms with E-state index in [0.29, 0.717) is 36.8 Å². The van der Waals surface area contributed by atoms with Crippen LogP contribution in [-0.4, -0.2) is 67.7 Å². The Kier molecular flexibility index (Phi) is 8.58. The number of halogens is 2. The lowest BCUT2D eigenvalue weighted by atomic mass is 10.2. The Morgan fingerprint density at radius 1 is 0.969 bits per heavy atom. The molecule has 0 N–H and O–H groups in total. The first-order valence-corrected chi connectivity index (χ1v) is 13.0. The molecule has 1 saturated heterocycles. The summed E-state index contributed by atoms with van der Waals surface area (Å²) in [6.07, 6.45) is 0.845. The highest BCUT2D eigenvalue weighted by atomic mass is 35.5. The van der Waals surface area contributed by atoms with E-state index in [1.807, 2.05) is 24.3 Å². The van der Waals surface area contributed by atoms with Gasteiger partial charge in [0.2, 0.25) is 10.0 Å². The Morgan fingerprint density at radius 3 is 2.31 bits per heavy atom. The third-order valence-electron chi connectivity index (χ3n) is 5.70. The van der Waals surface area contributed by atoms with Gasteiger partial charge in [0.15, 0.2) is 0 Å². The molecular formula is C23H29Cl2N3O3S. The predicted molar refractivity (Wildman–Crippen MR) is 129 cm³/mol. The van der Waals surface area contributed by atoms with Crippen LogP contribution in [0.2, 0.25) is 10.0 Å². The molecule has 0 bridgehead atoms. The van der Waals surface area contributed by atoms with Gasteiger partial charge in [0.25, 0.3) is 5.91 Å². The van der Waals surface area contributed by atoms with Gasteiger partial charge in [0.1, 0.15) is 4.90 Å². The summed E-state index contributed by atoms with van der Waals surface area (Å²) >= 11 is 12.2. The van der Waals surface area contributed by atoms with E-state index in [2.05, 4.69) is 4.90 Å². The maximum absolute atomic E-state index is 13.2. The molecule has 0 saturated carbocycles. The van der Waals surface area contributed by atoms with Crippen LogP contribution in [0.1, 0.15) is 36.2 Å². The number of sulfonamides is 1. The van der Waals surface area contributed by atoms with Crippen molar-refractivity contribution in [3.8, 4) is 0 Å². The first-order valence-electron chi connectivity index (χ1n) is 10.8. The highest BCUT2D eigenvalue weighted by Gasteiger charge is 2.27. The topological polar surface area (TPSA) is 60.9 Å². The molecule has 32 heavy (non-hydrogen) atoms. The number of rotatable bonds is 7. The molecule has 1 heterocycles. The highest BCUT2D eigenvalue weighted by Crippen LogP contribution is 2.26. The zero-order valence-electron chi connectivity index (χ0n) is 18.4. The van der Waals surface area contributed by atoms with Crippen molar-refractivity contribution in [2.45, 2.75) is 31.7 Å². The number of hydrogen-bond donors (Lipinski definition) is 0. The molecule has 0 spiro atoms. The molecule has 0 radical (unpaired) electrons. The molecule has 1 aliphatic heterocycles. The Hall–Kier alpha value is -1.64. The fraction of sp³-hybridized carbons (Fsp3) is 0.435. The number of hydrogen-bond acceptors (Lipinski definition) is 4. The zero-order valence-corrected chi connectivity index (χ0v) is 20.8. The Labute approximate surface area is 200 Å². The average Bonchev–Trinajstić information content (AvgIpc) is 3.01. The van der Waals surface area contributed by atoms with Crippen molar-refractivity contribution in [2.24, 2.45) is 0 Å². The van der Waals surface area contributed by atoms with Gasteiger partial charge in [-0.1, -0.05) is 49.2 Å². The summed E-state index contributed by atoms with van der Waals surface area (Å²) in [6, 6.07) is 12.3. The normalized spacial score (nSPS) is 15.7. The molecule has 9 heteroatoms. The summed E-state index contributed by atoms with van der Waals surface area (Å²) in [5.74, 6) is -0.175. The summed E-state index contributed by atoms with van der Waals surface area (Å²) in [5.41, 5.74) is 1.52. The lowest BCUT2D eigenvalue weighted by Gasteiger charge is -2.23. The van der Waals surface area contributed by atoms with E-state index >= 15 is 0 Å². The van der Waals surface area contributed by atoms with Gasteiger partial charge in [-0.3, -0.25) is 9.69 Å². The SMILES string of the molecule is CCN(CC)S(=O)(=O)c1cc(C(=O)N2CCCN(Cc3ccc(Cl)cc3)CC2)ccc1Cl. The van der Waals surface area contributed by atoms with Crippen molar-refractivity contribution in [3.63, 3.8) is 0 Å². The smallest absolute Gasteiger partial charge is 0.253 e. The van der Waals surface area contributed by atoms with Crippen molar-refractivity contribution in [3.05, 3.63) is 63.6 Å². The van der Waals surface area contributed by atoms with E-state index in [1.54, 1.807) is 24.8 Å². The first kappa shape index (κ1) is 25.0. The van der Waals surface area contributed by atoms with Crippen LogP contribution >= 0.6 is 23.2 Å². The van der Waals surface area contributed by atoms with Gasteiger partial charge in [0, 0.05) is 56.4 Å². The first-order chi connectivity index (χ1) is 15.3. The van der Waals surface area contributed by atoms with E-state index in [4.69, 9.17) is 23.2 Å². The van der Waals surface area contributed by atoms with Crippen molar-refractivity contribution >= 4 is 39.1 Å². The van der Waals surface area contributed by atoms with Crippen molar-refractivity contribution < 1.29 is 13.2 Å². The van der Waals surface area contributed by atoms with Crippen LogP contribution in [0.5, 0.6) is 0 Å². The lowest BCUT2D eigenvalue weighted by Crippen LogP contribution is -2.35. The summed E-state index contributed by atoms with van der Waals surface area (Å²) < 4.78 is 27.3. The van der Waals surface area contributed by atoms with Crippen molar-refractivity contribution in [1.29, 1.82) is 0 Å². The minimum absolute atomic E-state index is 0.0205. The van der Waals surface area contributed by atoms with Crippen LogP contribution in [0.25, 0.3) is 0 Å². The van der Waals surface area contributed by atoms with E-state index in [1.165, 1.54) is 22.0 Å². The van der Waals surface area contributed by atoms with Crippen molar-refractivity contribution in [2.75, 3.05) is 39.3 Å². The highest BCUT2D eigenvalue weighted by molar-refractivity contribution is 7.89. The van der Waals surface area contributed by atoms with Crippen LogP contribution in [-0.2, 0) is 16.6 Å². The van der Waals surface area contributed by atoms with Crippen LogP contribution in [0, 0.1) is 0 Å². The summed E-state index contributed by atoms with van der Waals surface area (Å²) in [7, 11) is -3.76. The molecule has 3 rings (SSSR count). The molecule has 1 fully saturated rings. The van der Waals surface area contributed by atoms with Crippen molar-refractivity contribution in [1.82, 2.24) is 14.1 Å². The summed E-state index contributed by atoms with van der Waals surface area (Å²) in [6.45, 7) is 7.84. The fourth-order valence-corrected chi connectivity index (χ4v) is 5.98. The molecule has 2 aromatic rings. The monoisotopic (exact) mass is 497 g/mol. The minimum atomic E-state index is -3.76. The molecule has 1 amide bonds. The third kappa shape index (κ3) is 5.83. The third-order valence-corrected chi connectivity index (χ3v) is 8.48. The van der Waals surface area contributed by atoms with Gasteiger partial charge in [-0.05, 0) is 42.3 Å². The second-order valence-corrected chi connectivity index (χ2v) is 10.5. The molecular weight excluding hydrogens is 469 g/mol. The molecule has 0 aliphatic carbocycles. The standard InChI is InChI=1S/C23H29Cl2N3O3S/c1-3-28(4-2)32(30,31)22-16-19(8-11-21(22)25)23(29)27-13-5-12-26(14-15-27)17-18-6-9-20(24)10-7-18/h6-11,16H,3-5,12-15,17H2,1-2H3. The number of amides is 1. The van der Waals surface area contributed by atoms with E-state index in [0.717, 1.165) is 26.1 Å². The van der Waals surface area contributed by atoms with Gasteiger partial charge >= 0.3 is 0 Å². The van der Waals surface area contributed by atoms with E-state index in [9.17, 15) is 13.2 Å². The molecule has 0 aromatic heterocycles. The van der Waals surface area contributed by atoms with Crippen LogP contribution in [0.4, 0.5) is 0 Å². The number of nitrogens with zero attached hydrogens (tertiary/aromatic N) is 3. The number of carbonyl (C=O) groups excluding carboxylic acids is 1. The predicted octanol–water partition coefficient (Wildman–Crippen LogP) is 4.37. The quantitative estimate of drug-likeness (QED) is 0.569. The zero-order chi connectivity index (χ0) is 23.3. The minimum Gasteiger partial charge on any atom is -0.337 e. The molecule has 0 atom stereocenters. The van der Waals surface area contributed by atoms with Crippen LogP contribution in [0.3, 0.4) is 0 Å². The maximum atomic E-state index is 13.2. The Bertz CT molecular complexity index is 1040. The van der Waals surface area contributed by atoms with Crippen LogP contribution in [0.15, 0.2) is 47.4 Å². The van der Waals surface area contributed by atoms with Gasteiger partial charge in [-0.25, -0.2) is 8.42 Å². The second-order valence-electron chi connectivity index (χ2n) is 7.78. The number of benzene rings is 2. The Morgan fingerprint density at radius 2 is 1.66 bits per heavy atom. The fourth-order valence-electron chi connectivity index (χ4n) is 3.90.